The molecule has 1 aromatic heterocycles. The van der Waals surface area contributed by atoms with Crippen LogP contribution in [0.15, 0.2) is 51.9 Å². The zero-order valence-electron chi connectivity index (χ0n) is 15.9. The van der Waals surface area contributed by atoms with E-state index in [9.17, 15) is 4.79 Å². The van der Waals surface area contributed by atoms with Gasteiger partial charge >= 0.3 is 0 Å². The molecule has 3 rings (SSSR count). The Bertz CT molecular complexity index is 935. The maximum atomic E-state index is 12.6. The zero-order valence-corrected chi connectivity index (χ0v) is 16.8. The fourth-order valence-corrected chi connectivity index (χ4v) is 3.56. The van der Waals surface area contributed by atoms with Crippen LogP contribution in [0.4, 0.5) is 5.69 Å². The van der Waals surface area contributed by atoms with E-state index < -0.39 is 0 Å². The van der Waals surface area contributed by atoms with E-state index in [2.05, 4.69) is 41.4 Å². The molecule has 0 aliphatic rings. The van der Waals surface area contributed by atoms with Gasteiger partial charge in [0.1, 0.15) is 0 Å². The van der Waals surface area contributed by atoms with Crippen LogP contribution in [0.3, 0.4) is 0 Å². The Labute approximate surface area is 163 Å². The van der Waals surface area contributed by atoms with Crippen LogP contribution in [-0.4, -0.2) is 21.3 Å². The van der Waals surface area contributed by atoms with E-state index in [1.54, 1.807) is 31.2 Å². The summed E-state index contributed by atoms with van der Waals surface area (Å²) in [4.78, 5) is 18.0. The number of rotatable bonds is 6. The molecule has 0 aliphatic heterocycles. The van der Waals surface area contributed by atoms with Crippen LogP contribution in [0.5, 0.6) is 0 Å². The first kappa shape index (κ1) is 19.2. The number of benzene rings is 2. The summed E-state index contributed by atoms with van der Waals surface area (Å²) < 4.78 is 5.15. The van der Waals surface area contributed by atoms with E-state index in [1.807, 2.05) is 24.8 Å². The fraction of sp³-hybridized carbons (Fsp3) is 0.286. The number of amides is 1. The zero-order chi connectivity index (χ0) is 19.4. The normalized spacial score (nSPS) is 12.0. The Morgan fingerprint density at radius 3 is 2.52 bits per heavy atom. The molecule has 140 valence electrons. The number of hydrogen-bond donors (Lipinski definition) is 1. The van der Waals surface area contributed by atoms with Gasteiger partial charge in [0.2, 0.25) is 0 Å². The predicted octanol–water partition coefficient (Wildman–Crippen LogP) is 5.50. The second-order valence-electron chi connectivity index (χ2n) is 6.49. The van der Waals surface area contributed by atoms with E-state index in [0.717, 1.165) is 23.2 Å². The Morgan fingerprint density at radius 1 is 1.19 bits per heavy atom. The van der Waals surface area contributed by atoms with Crippen molar-refractivity contribution in [1.82, 2.24) is 10.1 Å². The molecule has 0 spiro atoms. The summed E-state index contributed by atoms with van der Waals surface area (Å²) >= 11 is 1.85. The number of thioether (sulfide) groups is 1. The largest absolute Gasteiger partial charge is 0.334 e. The quantitative estimate of drug-likeness (QED) is 0.571. The average Bonchev–Trinajstić information content (AvgIpc) is 3.10. The summed E-state index contributed by atoms with van der Waals surface area (Å²) in [6.45, 7) is 8.18. The van der Waals surface area contributed by atoms with Crippen LogP contribution < -0.4 is 5.32 Å². The number of carbonyl (C=O) groups excluding carboxylic acids is 1. The Hall–Kier alpha value is -2.60. The molecule has 3 aromatic rings. The number of carbonyl (C=O) groups is 1. The highest BCUT2D eigenvalue weighted by molar-refractivity contribution is 7.99. The van der Waals surface area contributed by atoms with E-state index in [4.69, 9.17) is 4.52 Å². The third-order valence-electron chi connectivity index (χ3n) is 4.28. The van der Waals surface area contributed by atoms with E-state index in [1.165, 1.54) is 4.90 Å². The van der Waals surface area contributed by atoms with Gasteiger partial charge in [-0.2, -0.15) is 4.98 Å². The highest BCUT2D eigenvalue weighted by Crippen LogP contribution is 2.28. The van der Waals surface area contributed by atoms with Crippen molar-refractivity contribution >= 4 is 23.4 Å². The smallest absolute Gasteiger partial charge is 0.257 e. The van der Waals surface area contributed by atoms with Crippen molar-refractivity contribution in [2.24, 2.45) is 0 Å². The fourth-order valence-electron chi connectivity index (χ4n) is 2.54. The first-order chi connectivity index (χ1) is 13.0. The first-order valence-electron chi connectivity index (χ1n) is 8.95. The standard InChI is InChI=1S/C21H23N3O2S/c1-5-14(3)27-18-10-11-19(13(2)12-18)23-20(25)16-6-8-17(9-7-16)21-22-15(4)24-26-21/h6-12,14H,5H2,1-4H3,(H,23,25). The second-order valence-corrected chi connectivity index (χ2v) is 8.00. The van der Waals surface area contributed by atoms with Crippen LogP contribution in [0.1, 0.15) is 42.0 Å². The van der Waals surface area contributed by atoms with Crippen molar-refractivity contribution in [2.75, 3.05) is 5.32 Å². The van der Waals surface area contributed by atoms with Crippen molar-refractivity contribution in [1.29, 1.82) is 0 Å². The summed E-state index contributed by atoms with van der Waals surface area (Å²) in [5.74, 6) is 0.885. The predicted molar refractivity (Wildman–Crippen MR) is 109 cm³/mol. The summed E-state index contributed by atoms with van der Waals surface area (Å²) in [7, 11) is 0. The lowest BCUT2D eigenvalue weighted by atomic mass is 10.1. The SMILES string of the molecule is CCC(C)Sc1ccc(NC(=O)c2ccc(-c3nc(C)no3)cc2)c(C)c1. The lowest BCUT2D eigenvalue weighted by Crippen LogP contribution is -2.12. The number of aromatic nitrogens is 2. The monoisotopic (exact) mass is 381 g/mol. The topological polar surface area (TPSA) is 68.0 Å². The highest BCUT2D eigenvalue weighted by atomic mass is 32.2. The molecule has 0 radical (unpaired) electrons. The number of nitrogens with one attached hydrogen (secondary N) is 1. The second kappa shape index (κ2) is 8.39. The molecule has 6 heteroatoms. The minimum atomic E-state index is -0.145. The molecule has 0 bridgehead atoms. The van der Waals surface area contributed by atoms with Gasteiger partial charge in [0.05, 0.1) is 0 Å². The van der Waals surface area contributed by atoms with Crippen molar-refractivity contribution < 1.29 is 9.32 Å². The Balaban J connectivity index is 1.69. The maximum Gasteiger partial charge on any atom is 0.257 e. The summed E-state index contributed by atoms with van der Waals surface area (Å²) in [5, 5.41) is 7.34. The minimum absolute atomic E-state index is 0.145. The number of anilines is 1. The van der Waals surface area contributed by atoms with Gasteiger partial charge in [-0.05, 0) is 68.3 Å². The molecular formula is C21H23N3O2S. The molecule has 1 heterocycles. The van der Waals surface area contributed by atoms with Gasteiger partial charge in [-0.25, -0.2) is 0 Å². The lowest BCUT2D eigenvalue weighted by molar-refractivity contribution is 0.102. The third-order valence-corrected chi connectivity index (χ3v) is 5.54. The lowest BCUT2D eigenvalue weighted by Gasteiger charge is -2.12. The van der Waals surface area contributed by atoms with Crippen molar-refractivity contribution in [3.05, 3.63) is 59.4 Å². The number of aryl methyl sites for hydroxylation is 2. The molecule has 1 amide bonds. The number of nitrogens with zero attached hydrogens (tertiary/aromatic N) is 2. The van der Waals surface area contributed by atoms with Gasteiger partial charge in [-0.3, -0.25) is 4.79 Å². The molecule has 0 aliphatic carbocycles. The molecular weight excluding hydrogens is 358 g/mol. The Morgan fingerprint density at radius 2 is 1.93 bits per heavy atom. The number of hydrogen-bond acceptors (Lipinski definition) is 5. The first-order valence-corrected chi connectivity index (χ1v) is 9.83. The molecule has 5 nitrogen and oxygen atoms in total. The summed E-state index contributed by atoms with van der Waals surface area (Å²) in [5.41, 5.74) is 3.24. The molecule has 1 N–H and O–H groups in total. The summed E-state index contributed by atoms with van der Waals surface area (Å²) in [6.07, 6.45) is 1.13. The molecule has 1 atom stereocenters. The highest BCUT2D eigenvalue weighted by Gasteiger charge is 2.11. The van der Waals surface area contributed by atoms with E-state index in [-0.39, 0.29) is 5.91 Å². The molecule has 0 saturated carbocycles. The van der Waals surface area contributed by atoms with Crippen LogP contribution in [-0.2, 0) is 0 Å². The van der Waals surface area contributed by atoms with Crippen molar-refractivity contribution in [2.45, 2.75) is 44.3 Å². The maximum absolute atomic E-state index is 12.6. The van der Waals surface area contributed by atoms with Crippen LogP contribution >= 0.6 is 11.8 Å². The van der Waals surface area contributed by atoms with Gasteiger partial charge in [-0.1, -0.05) is 19.0 Å². The van der Waals surface area contributed by atoms with Gasteiger partial charge in [0.25, 0.3) is 11.8 Å². The third kappa shape index (κ3) is 4.77. The van der Waals surface area contributed by atoms with Gasteiger partial charge < -0.3 is 9.84 Å². The van der Waals surface area contributed by atoms with Gasteiger partial charge in [0, 0.05) is 27.0 Å². The molecule has 0 fully saturated rings. The van der Waals surface area contributed by atoms with E-state index >= 15 is 0 Å². The van der Waals surface area contributed by atoms with Gasteiger partial charge in [-0.15, -0.1) is 11.8 Å². The molecule has 1 unspecified atom stereocenters. The summed E-state index contributed by atoms with van der Waals surface area (Å²) in [6, 6.07) is 13.3. The molecule has 2 aromatic carbocycles. The average molecular weight is 382 g/mol. The van der Waals surface area contributed by atoms with Crippen molar-refractivity contribution in [3.8, 4) is 11.5 Å². The Kier molecular flexibility index (Phi) is 5.96. The van der Waals surface area contributed by atoms with Crippen LogP contribution in [0, 0.1) is 13.8 Å². The van der Waals surface area contributed by atoms with Crippen LogP contribution in [0.2, 0.25) is 0 Å². The van der Waals surface area contributed by atoms with Gasteiger partial charge in [0.15, 0.2) is 5.82 Å². The van der Waals surface area contributed by atoms with Crippen molar-refractivity contribution in [3.63, 3.8) is 0 Å². The molecule has 0 saturated heterocycles. The van der Waals surface area contributed by atoms with Crippen LogP contribution in [0.25, 0.3) is 11.5 Å². The molecule has 27 heavy (non-hydrogen) atoms. The van der Waals surface area contributed by atoms with E-state index in [0.29, 0.717) is 22.5 Å². The minimum Gasteiger partial charge on any atom is -0.334 e.